The number of hydrogen-bond acceptors (Lipinski definition) is 3. The summed E-state index contributed by atoms with van der Waals surface area (Å²) in [5.41, 5.74) is 0. The Balaban J connectivity index is 2.73. The van der Waals surface area contributed by atoms with Crippen LogP contribution in [0, 0.1) is 0 Å². The van der Waals surface area contributed by atoms with Gasteiger partial charge in [0, 0.05) is 6.54 Å². The molecule has 0 aromatic rings. The molecule has 0 aliphatic carbocycles. The van der Waals surface area contributed by atoms with Gasteiger partial charge in [-0.3, -0.25) is 4.79 Å². The van der Waals surface area contributed by atoms with Gasteiger partial charge in [-0.25, -0.2) is 8.42 Å². The average molecular weight is 149 g/mol. The van der Waals surface area contributed by atoms with Crippen molar-refractivity contribution in [1.29, 1.82) is 0 Å². The first-order valence-corrected chi connectivity index (χ1v) is 4.39. The minimum Gasteiger partial charge on any atom is -0.354 e. The quantitative estimate of drug-likeness (QED) is 0.457. The molecule has 52 valence electrons. The SMILES string of the molecule is O=C1CS(=O)(=O)CCN1. The van der Waals surface area contributed by atoms with Crippen LogP contribution in [0.3, 0.4) is 0 Å². The van der Waals surface area contributed by atoms with Crippen LogP contribution in [0.15, 0.2) is 0 Å². The molecule has 0 bridgehead atoms. The fraction of sp³-hybridized carbons (Fsp3) is 0.750. The maximum Gasteiger partial charge on any atom is 0.235 e. The second-order valence-electron chi connectivity index (χ2n) is 1.94. The monoisotopic (exact) mass is 149 g/mol. The summed E-state index contributed by atoms with van der Waals surface area (Å²) < 4.78 is 21.2. The Bertz CT molecular complexity index is 218. The van der Waals surface area contributed by atoms with E-state index in [-0.39, 0.29) is 24.0 Å². The average Bonchev–Trinajstić information content (AvgIpc) is 1.60. The van der Waals surface area contributed by atoms with Crippen molar-refractivity contribution in [3.05, 3.63) is 0 Å². The smallest absolute Gasteiger partial charge is 0.235 e. The van der Waals surface area contributed by atoms with Gasteiger partial charge in [-0.05, 0) is 0 Å². The van der Waals surface area contributed by atoms with Crippen molar-refractivity contribution in [2.75, 3.05) is 18.1 Å². The maximum absolute atomic E-state index is 10.6. The lowest BCUT2D eigenvalue weighted by Crippen LogP contribution is -2.40. The van der Waals surface area contributed by atoms with E-state index in [1.165, 1.54) is 0 Å². The molecule has 1 aliphatic rings. The van der Waals surface area contributed by atoms with Crippen molar-refractivity contribution in [1.82, 2.24) is 5.32 Å². The Morgan fingerprint density at radius 3 is 2.44 bits per heavy atom. The van der Waals surface area contributed by atoms with Crippen LogP contribution in [0.2, 0.25) is 0 Å². The summed E-state index contributed by atoms with van der Waals surface area (Å²) in [7, 11) is -3.04. The highest BCUT2D eigenvalue weighted by Crippen LogP contribution is 1.93. The summed E-state index contributed by atoms with van der Waals surface area (Å²) in [6, 6.07) is 0. The summed E-state index contributed by atoms with van der Waals surface area (Å²) in [4.78, 5) is 10.4. The first-order chi connectivity index (χ1) is 4.10. The Kier molecular flexibility index (Phi) is 1.44. The number of carbonyl (C=O) groups excluding carboxylic acids is 1. The van der Waals surface area contributed by atoms with E-state index >= 15 is 0 Å². The second-order valence-corrected chi connectivity index (χ2v) is 4.13. The molecular formula is C4H7NO3S. The predicted octanol–water partition coefficient (Wildman–Crippen LogP) is -1.47. The lowest BCUT2D eigenvalue weighted by molar-refractivity contribution is -0.118. The number of hydrogen-bond donors (Lipinski definition) is 1. The zero-order valence-corrected chi connectivity index (χ0v) is 5.57. The molecule has 0 unspecified atom stereocenters. The Morgan fingerprint density at radius 2 is 2.11 bits per heavy atom. The van der Waals surface area contributed by atoms with E-state index in [1.54, 1.807) is 0 Å². The van der Waals surface area contributed by atoms with Crippen LogP contribution in [-0.4, -0.2) is 32.4 Å². The van der Waals surface area contributed by atoms with Crippen LogP contribution in [0.25, 0.3) is 0 Å². The van der Waals surface area contributed by atoms with Crippen molar-refractivity contribution < 1.29 is 13.2 Å². The molecule has 1 heterocycles. The molecule has 4 nitrogen and oxygen atoms in total. The predicted molar refractivity (Wildman–Crippen MR) is 31.7 cm³/mol. The zero-order valence-electron chi connectivity index (χ0n) is 4.75. The van der Waals surface area contributed by atoms with E-state index in [1.807, 2.05) is 0 Å². The van der Waals surface area contributed by atoms with Crippen molar-refractivity contribution in [2.45, 2.75) is 0 Å². The summed E-state index contributed by atoms with van der Waals surface area (Å²) >= 11 is 0. The number of sulfone groups is 1. The molecule has 1 amide bonds. The van der Waals surface area contributed by atoms with Crippen molar-refractivity contribution >= 4 is 15.7 Å². The van der Waals surface area contributed by atoms with Crippen molar-refractivity contribution in [3.8, 4) is 0 Å². The largest absolute Gasteiger partial charge is 0.354 e. The van der Waals surface area contributed by atoms with Gasteiger partial charge in [0.2, 0.25) is 5.91 Å². The van der Waals surface area contributed by atoms with E-state index in [0.29, 0.717) is 0 Å². The van der Waals surface area contributed by atoms with Gasteiger partial charge in [0.25, 0.3) is 0 Å². The highest BCUT2D eigenvalue weighted by atomic mass is 32.2. The summed E-state index contributed by atoms with van der Waals surface area (Å²) in [6.45, 7) is 0.265. The second kappa shape index (κ2) is 1.98. The molecule has 0 spiro atoms. The summed E-state index contributed by atoms with van der Waals surface area (Å²) in [5, 5.41) is 2.42. The van der Waals surface area contributed by atoms with Gasteiger partial charge in [-0.2, -0.15) is 0 Å². The van der Waals surface area contributed by atoms with E-state index in [2.05, 4.69) is 5.32 Å². The van der Waals surface area contributed by atoms with E-state index in [0.717, 1.165) is 0 Å². The molecule has 9 heavy (non-hydrogen) atoms. The van der Waals surface area contributed by atoms with Gasteiger partial charge in [0.05, 0.1) is 5.75 Å². The Labute approximate surface area is 53.2 Å². The van der Waals surface area contributed by atoms with Crippen LogP contribution in [0.5, 0.6) is 0 Å². The topological polar surface area (TPSA) is 63.2 Å². The molecule has 1 aliphatic heterocycles. The third-order valence-corrected chi connectivity index (χ3v) is 2.61. The minimum absolute atomic E-state index is 0.0821. The van der Waals surface area contributed by atoms with Crippen LogP contribution in [0.4, 0.5) is 0 Å². The molecule has 0 atom stereocenters. The van der Waals surface area contributed by atoms with Crippen LogP contribution in [-0.2, 0) is 14.6 Å². The molecule has 1 saturated heterocycles. The number of rotatable bonds is 0. The number of carbonyl (C=O) groups is 1. The molecule has 0 aromatic heterocycles. The molecule has 5 heteroatoms. The van der Waals surface area contributed by atoms with E-state index in [9.17, 15) is 13.2 Å². The maximum atomic E-state index is 10.6. The first kappa shape index (κ1) is 6.54. The van der Waals surface area contributed by atoms with Gasteiger partial charge in [-0.1, -0.05) is 0 Å². The van der Waals surface area contributed by atoms with Gasteiger partial charge >= 0.3 is 0 Å². The summed E-state index contributed by atoms with van der Waals surface area (Å²) in [6.07, 6.45) is 0. The molecule has 1 fully saturated rings. The van der Waals surface area contributed by atoms with E-state index in [4.69, 9.17) is 0 Å². The highest BCUT2D eigenvalue weighted by molar-refractivity contribution is 7.92. The molecule has 1 rings (SSSR count). The zero-order chi connectivity index (χ0) is 6.91. The number of amides is 1. The normalized spacial score (nSPS) is 25.1. The lowest BCUT2D eigenvalue weighted by Gasteiger charge is -2.10. The van der Waals surface area contributed by atoms with Crippen molar-refractivity contribution in [2.24, 2.45) is 0 Å². The number of nitrogens with one attached hydrogen (secondary N) is 1. The molecule has 0 aromatic carbocycles. The summed E-state index contributed by atoms with van der Waals surface area (Å²) in [5.74, 6) is -0.646. The molecule has 0 radical (unpaired) electrons. The first-order valence-electron chi connectivity index (χ1n) is 2.57. The standard InChI is InChI=1S/C4H7NO3S/c6-4-3-9(7,8)2-1-5-4/h1-3H2,(H,5,6). The molecule has 1 N–H and O–H groups in total. The molecule has 0 saturated carbocycles. The Morgan fingerprint density at radius 1 is 1.44 bits per heavy atom. The van der Waals surface area contributed by atoms with Crippen LogP contribution >= 0.6 is 0 Å². The minimum atomic E-state index is -3.04. The fourth-order valence-corrected chi connectivity index (χ4v) is 1.73. The fourth-order valence-electron chi connectivity index (χ4n) is 0.669. The van der Waals surface area contributed by atoms with Crippen LogP contribution < -0.4 is 5.32 Å². The van der Waals surface area contributed by atoms with Gasteiger partial charge < -0.3 is 5.32 Å². The van der Waals surface area contributed by atoms with Crippen LogP contribution in [0.1, 0.15) is 0 Å². The van der Waals surface area contributed by atoms with E-state index < -0.39 is 9.84 Å². The third-order valence-electron chi connectivity index (χ3n) is 1.09. The molecular weight excluding hydrogens is 142 g/mol. The lowest BCUT2D eigenvalue weighted by atomic mass is 10.6. The Hall–Kier alpha value is -0.580. The van der Waals surface area contributed by atoms with Gasteiger partial charge in [-0.15, -0.1) is 0 Å². The van der Waals surface area contributed by atoms with Gasteiger partial charge in [0.15, 0.2) is 9.84 Å². The van der Waals surface area contributed by atoms with Gasteiger partial charge in [0.1, 0.15) is 5.75 Å². The van der Waals surface area contributed by atoms with Crippen molar-refractivity contribution in [3.63, 3.8) is 0 Å². The third kappa shape index (κ3) is 1.67. The highest BCUT2D eigenvalue weighted by Gasteiger charge is 2.20.